The summed E-state index contributed by atoms with van der Waals surface area (Å²) in [7, 11) is 0. The Morgan fingerprint density at radius 1 is 1.12 bits per heavy atom. The Hall–Kier alpha value is -1.68. The number of aldehydes is 1. The van der Waals surface area contributed by atoms with Crippen LogP contribution < -0.4 is 0 Å². The standard InChI is InChI=1S/C13H12N2OS/c1-9-7-10(2)15-13(14-9)17-12-6-4-3-5-11(12)8-16/h3-8H,1-2H3. The van der Waals surface area contributed by atoms with Crippen LogP contribution in [0.25, 0.3) is 0 Å². The lowest BCUT2D eigenvalue weighted by molar-refractivity contribution is 0.112. The highest BCUT2D eigenvalue weighted by Crippen LogP contribution is 2.27. The van der Waals surface area contributed by atoms with Crippen molar-refractivity contribution in [3.8, 4) is 0 Å². The average molecular weight is 244 g/mol. The normalized spacial score (nSPS) is 10.2. The highest BCUT2D eigenvalue weighted by molar-refractivity contribution is 7.99. The molecule has 3 nitrogen and oxygen atoms in total. The Morgan fingerprint density at radius 2 is 1.76 bits per heavy atom. The van der Waals surface area contributed by atoms with E-state index >= 15 is 0 Å². The van der Waals surface area contributed by atoms with Crippen LogP contribution in [-0.4, -0.2) is 16.3 Å². The number of hydrogen-bond acceptors (Lipinski definition) is 4. The molecule has 86 valence electrons. The van der Waals surface area contributed by atoms with Crippen LogP contribution in [0.4, 0.5) is 0 Å². The number of nitrogens with zero attached hydrogens (tertiary/aromatic N) is 2. The second-order valence-corrected chi connectivity index (χ2v) is 4.70. The molecular weight excluding hydrogens is 232 g/mol. The van der Waals surface area contributed by atoms with Gasteiger partial charge in [-0.3, -0.25) is 4.79 Å². The van der Waals surface area contributed by atoms with Crippen molar-refractivity contribution in [3.63, 3.8) is 0 Å². The maximum absolute atomic E-state index is 10.9. The summed E-state index contributed by atoms with van der Waals surface area (Å²) < 4.78 is 0. The molecule has 0 radical (unpaired) electrons. The quantitative estimate of drug-likeness (QED) is 0.614. The van der Waals surface area contributed by atoms with E-state index in [4.69, 9.17) is 0 Å². The highest BCUT2D eigenvalue weighted by atomic mass is 32.2. The molecule has 0 saturated carbocycles. The molecule has 0 amide bonds. The van der Waals surface area contributed by atoms with Gasteiger partial charge in [-0.05, 0) is 37.7 Å². The van der Waals surface area contributed by atoms with Gasteiger partial charge in [-0.1, -0.05) is 18.2 Å². The Morgan fingerprint density at radius 3 is 2.41 bits per heavy atom. The van der Waals surface area contributed by atoms with E-state index in [2.05, 4.69) is 9.97 Å². The summed E-state index contributed by atoms with van der Waals surface area (Å²) in [6, 6.07) is 9.36. The van der Waals surface area contributed by atoms with Crippen LogP contribution in [-0.2, 0) is 0 Å². The highest BCUT2D eigenvalue weighted by Gasteiger charge is 2.06. The van der Waals surface area contributed by atoms with Crippen molar-refractivity contribution in [3.05, 3.63) is 47.3 Å². The van der Waals surface area contributed by atoms with Gasteiger partial charge >= 0.3 is 0 Å². The van der Waals surface area contributed by atoms with Crippen LogP contribution in [0.3, 0.4) is 0 Å². The Balaban J connectivity index is 2.34. The number of carbonyl (C=O) groups excluding carboxylic acids is 1. The summed E-state index contributed by atoms with van der Waals surface area (Å²) >= 11 is 1.41. The molecule has 0 unspecified atom stereocenters. The molecule has 0 aliphatic carbocycles. The predicted molar refractivity (Wildman–Crippen MR) is 67.5 cm³/mol. The summed E-state index contributed by atoms with van der Waals surface area (Å²) in [6.45, 7) is 3.87. The van der Waals surface area contributed by atoms with Gasteiger partial charge in [0.2, 0.25) is 0 Å². The van der Waals surface area contributed by atoms with Crippen LogP contribution in [0.2, 0.25) is 0 Å². The molecule has 4 heteroatoms. The first-order valence-electron chi connectivity index (χ1n) is 5.23. The molecule has 0 spiro atoms. The number of aryl methyl sites for hydroxylation is 2. The molecule has 0 atom stereocenters. The molecule has 0 N–H and O–H groups in total. The zero-order chi connectivity index (χ0) is 12.3. The van der Waals surface area contributed by atoms with Crippen molar-refractivity contribution in [1.29, 1.82) is 0 Å². The van der Waals surface area contributed by atoms with Gasteiger partial charge in [0.25, 0.3) is 0 Å². The summed E-state index contributed by atoms with van der Waals surface area (Å²) in [5, 5.41) is 0.678. The molecule has 1 heterocycles. The fourth-order valence-corrected chi connectivity index (χ4v) is 2.46. The molecule has 1 aromatic heterocycles. The zero-order valence-electron chi connectivity index (χ0n) is 9.68. The van der Waals surface area contributed by atoms with E-state index in [1.54, 1.807) is 6.07 Å². The van der Waals surface area contributed by atoms with Crippen molar-refractivity contribution >= 4 is 18.0 Å². The molecule has 1 aromatic carbocycles. The van der Waals surface area contributed by atoms with Gasteiger partial charge < -0.3 is 0 Å². The van der Waals surface area contributed by atoms with Crippen molar-refractivity contribution in [1.82, 2.24) is 9.97 Å². The van der Waals surface area contributed by atoms with E-state index in [0.717, 1.165) is 22.6 Å². The number of aromatic nitrogens is 2. The van der Waals surface area contributed by atoms with Crippen molar-refractivity contribution in [2.45, 2.75) is 23.9 Å². The summed E-state index contributed by atoms with van der Waals surface area (Å²) in [4.78, 5) is 20.5. The van der Waals surface area contributed by atoms with Gasteiger partial charge in [-0.15, -0.1) is 0 Å². The monoisotopic (exact) mass is 244 g/mol. The van der Waals surface area contributed by atoms with Gasteiger partial charge in [-0.2, -0.15) is 0 Å². The van der Waals surface area contributed by atoms with Gasteiger partial charge in [0.15, 0.2) is 11.4 Å². The van der Waals surface area contributed by atoms with Crippen LogP contribution in [0, 0.1) is 13.8 Å². The maximum atomic E-state index is 10.9. The van der Waals surface area contributed by atoms with E-state index in [9.17, 15) is 4.79 Å². The second-order valence-electron chi connectivity index (χ2n) is 3.69. The molecule has 0 aliphatic heterocycles. The first kappa shape index (κ1) is 11.8. The van der Waals surface area contributed by atoms with E-state index in [-0.39, 0.29) is 0 Å². The minimum Gasteiger partial charge on any atom is -0.298 e. The van der Waals surface area contributed by atoms with Crippen LogP contribution in [0.1, 0.15) is 21.7 Å². The molecule has 0 saturated heterocycles. The first-order valence-corrected chi connectivity index (χ1v) is 6.05. The zero-order valence-corrected chi connectivity index (χ0v) is 10.5. The lowest BCUT2D eigenvalue weighted by Gasteiger charge is -2.04. The average Bonchev–Trinajstić information content (AvgIpc) is 2.28. The molecule has 2 aromatic rings. The lowest BCUT2D eigenvalue weighted by Crippen LogP contribution is -1.93. The van der Waals surface area contributed by atoms with Crippen molar-refractivity contribution in [2.24, 2.45) is 0 Å². The topological polar surface area (TPSA) is 42.9 Å². The van der Waals surface area contributed by atoms with Crippen molar-refractivity contribution < 1.29 is 4.79 Å². The third kappa shape index (κ3) is 2.91. The van der Waals surface area contributed by atoms with Crippen LogP contribution in [0.5, 0.6) is 0 Å². The third-order valence-corrected chi connectivity index (χ3v) is 3.17. The van der Waals surface area contributed by atoms with Gasteiger partial charge in [0.1, 0.15) is 0 Å². The fourth-order valence-electron chi connectivity index (χ4n) is 1.51. The number of benzene rings is 1. The third-order valence-electron chi connectivity index (χ3n) is 2.21. The number of hydrogen-bond donors (Lipinski definition) is 0. The minimum atomic E-state index is 0.667. The van der Waals surface area contributed by atoms with E-state index in [1.807, 2.05) is 38.1 Å². The molecule has 0 fully saturated rings. The Kier molecular flexibility index (Phi) is 3.54. The summed E-state index contributed by atoms with van der Waals surface area (Å²) in [5.74, 6) is 0. The maximum Gasteiger partial charge on any atom is 0.192 e. The first-order chi connectivity index (χ1) is 8.19. The van der Waals surface area contributed by atoms with E-state index in [1.165, 1.54) is 11.8 Å². The van der Waals surface area contributed by atoms with Gasteiger partial charge in [0.05, 0.1) is 0 Å². The summed E-state index contributed by atoms with van der Waals surface area (Å²) in [6.07, 6.45) is 0.852. The number of carbonyl (C=O) groups is 1. The molecule has 2 rings (SSSR count). The summed E-state index contributed by atoms with van der Waals surface area (Å²) in [5.41, 5.74) is 2.53. The minimum absolute atomic E-state index is 0.667. The van der Waals surface area contributed by atoms with Gasteiger partial charge in [0, 0.05) is 21.8 Å². The van der Waals surface area contributed by atoms with Crippen LogP contribution >= 0.6 is 11.8 Å². The molecule has 0 aliphatic rings. The SMILES string of the molecule is Cc1cc(C)nc(Sc2ccccc2C=O)n1. The lowest BCUT2D eigenvalue weighted by atomic mass is 10.2. The largest absolute Gasteiger partial charge is 0.298 e. The Labute approximate surface area is 104 Å². The Bertz CT molecular complexity index is 535. The number of rotatable bonds is 3. The molecule has 0 bridgehead atoms. The second kappa shape index (κ2) is 5.10. The predicted octanol–water partition coefficient (Wildman–Crippen LogP) is 3.06. The van der Waals surface area contributed by atoms with Crippen LogP contribution in [0.15, 0.2) is 40.4 Å². The van der Waals surface area contributed by atoms with Crippen molar-refractivity contribution in [2.75, 3.05) is 0 Å². The van der Waals surface area contributed by atoms with E-state index < -0.39 is 0 Å². The van der Waals surface area contributed by atoms with Gasteiger partial charge in [-0.25, -0.2) is 9.97 Å². The van der Waals surface area contributed by atoms with E-state index in [0.29, 0.717) is 10.7 Å². The smallest absolute Gasteiger partial charge is 0.192 e. The fraction of sp³-hybridized carbons (Fsp3) is 0.154. The molecule has 17 heavy (non-hydrogen) atoms. The molecular formula is C13H12N2OS.